The number of hydrogen-bond acceptors (Lipinski definition) is 2. The molecule has 0 fully saturated rings. The molecule has 0 aromatic carbocycles. The van der Waals surface area contributed by atoms with Crippen LogP contribution in [-0.2, 0) is 0 Å². The minimum Gasteiger partial charge on any atom is -0.368 e. The molecule has 0 aromatic rings. The second-order valence-corrected chi connectivity index (χ2v) is 3.06. The molecule has 0 bridgehead atoms. The predicted molar refractivity (Wildman–Crippen MR) is 54.8 cm³/mol. The standard InChI is InChI=1S/C10H18N2/c1-6-8-9(7-2)12-10(3,4)11-5/h6-8,11-12H,1-2H2,3-5H3/b9-8+. The van der Waals surface area contributed by atoms with Gasteiger partial charge in [-0.1, -0.05) is 19.2 Å². The highest BCUT2D eigenvalue weighted by molar-refractivity contribution is 5.20. The zero-order valence-corrected chi connectivity index (χ0v) is 8.15. The Bertz CT molecular complexity index is 190. The van der Waals surface area contributed by atoms with Gasteiger partial charge in [-0.25, -0.2) is 0 Å². The van der Waals surface area contributed by atoms with Crippen LogP contribution in [0, 0.1) is 0 Å². The van der Waals surface area contributed by atoms with E-state index in [-0.39, 0.29) is 5.66 Å². The van der Waals surface area contributed by atoms with Gasteiger partial charge in [-0.05, 0) is 33.0 Å². The topological polar surface area (TPSA) is 24.1 Å². The summed E-state index contributed by atoms with van der Waals surface area (Å²) in [6.07, 6.45) is 5.38. The molecule has 2 nitrogen and oxygen atoms in total. The Morgan fingerprint density at radius 1 is 1.33 bits per heavy atom. The maximum atomic E-state index is 3.69. The van der Waals surface area contributed by atoms with Crippen molar-refractivity contribution in [2.24, 2.45) is 0 Å². The van der Waals surface area contributed by atoms with E-state index in [1.54, 1.807) is 12.2 Å². The highest BCUT2D eigenvalue weighted by Crippen LogP contribution is 2.01. The van der Waals surface area contributed by atoms with E-state index in [9.17, 15) is 0 Å². The number of allylic oxidation sites excluding steroid dienone is 3. The highest BCUT2D eigenvalue weighted by Gasteiger charge is 2.12. The lowest BCUT2D eigenvalue weighted by molar-refractivity contribution is 0.371. The van der Waals surface area contributed by atoms with Crippen molar-refractivity contribution < 1.29 is 0 Å². The van der Waals surface area contributed by atoms with Crippen molar-refractivity contribution in [3.8, 4) is 0 Å². The van der Waals surface area contributed by atoms with Crippen molar-refractivity contribution in [3.05, 3.63) is 37.1 Å². The fourth-order valence-electron chi connectivity index (χ4n) is 0.711. The van der Waals surface area contributed by atoms with Crippen LogP contribution in [-0.4, -0.2) is 12.7 Å². The van der Waals surface area contributed by atoms with Crippen molar-refractivity contribution in [2.45, 2.75) is 19.5 Å². The lowest BCUT2D eigenvalue weighted by atomic mass is 10.2. The van der Waals surface area contributed by atoms with Crippen LogP contribution in [0.1, 0.15) is 13.8 Å². The molecule has 0 radical (unpaired) electrons. The third-order valence-corrected chi connectivity index (χ3v) is 1.60. The third kappa shape index (κ3) is 3.98. The molecule has 0 atom stereocenters. The molecule has 12 heavy (non-hydrogen) atoms. The first-order chi connectivity index (χ1) is 5.55. The molecule has 0 aliphatic rings. The van der Waals surface area contributed by atoms with Gasteiger partial charge in [-0.15, -0.1) is 0 Å². The zero-order chi connectivity index (χ0) is 9.61. The van der Waals surface area contributed by atoms with E-state index in [0.717, 1.165) is 5.70 Å². The molecule has 0 spiro atoms. The molecule has 2 heteroatoms. The lowest BCUT2D eigenvalue weighted by Gasteiger charge is -2.27. The van der Waals surface area contributed by atoms with Crippen molar-refractivity contribution in [2.75, 3.05) is 7.05 Å². The normalized spacial score (nSPS) is 12.4. The molecule has 0 saturated carbocycles. The molecule has 0 aliphatic heterocycles. The number of hydrogen-bond donors (Lipinski definition) is 2. The average molecular weight is 166 g/mol. The van der Waals surface area contributed by atoms with Crippen LogP contribution in [0.25, 0.3) is 0 Å². The van der Waals surface area contributed by atoms with Crippen molar-refractivity contribution in [1.29, 1.82) is 0 Å². The quantitative estimate of drug-likeness (QED) is 0.480. The molecule has 0 rings (SSSR count). The molecule has 0 aliphatic carbocycles. The Kier molecular flexibility index (Phi) is 4.37. The van der Waals surface area contributed by atoms with Gasteiger partial charge in [0.25, 0.3) is 0 Å². The predicted octanol–water partition coefficient (Wildman–Crippen LogP) is 1.79. The highest BCUT2D eigenvalue weighted by atomic mass is 15.2. The van der Waals surface area contributed by atoms with E-state index < -0.39 is 0 Å². The van der Waals surface area contributed by atoms with Crippen molar-refractivity contribution >= 4 is 0 Å². The van der Waals surface area contributed by atoms with Crippen LogP contribution in [0.2, 0.25) is 0 Å². The Hall–Kier alpha value is -1.02. The Labute approximate surface area is 75.1 Å². The maximum absolute atomic E-state index is 3.69. The van der Waals surface area contributed by atoms with Crippen molar-refractivity contribution in [1.82, 2.24) is 10.6 Å². The maximum Gasteiger partial charge on any atom is 0.0821 e. The molecule has 2 N–H and O–H groups in total. The minimum absolute atomic E-state index is 0.122. The summed E-state index contributed by atoms with van der Waals surface area (Å²) in [5.41, 5.74) is 0.840. The molecular weight excluding hydrogens is 148 g/mol. The lowest BCUT2D eigenvalue weighted by Crippen LogP contribution is -2.49. The summed E-state index contributed by atoms with van der Waals surface area (Å²) in [5.74, 6) is 0. The van der Waals surface area contributed by atoms with E-state index in [2.05, 4.69) is 23.8 Å². The fraction of sp³-hybridized carbons (Fsp3) is 0.400. The van der Waals surface area contributed by atoms with Gasteiger partial charge in [0.15, 0.2) is 0 Å². The van der Waals surface area contributed by atoms with Crippen LogP contribution >= 0.6 is 0 Å². The van der Waals surface area contributed by atoms with E-state index in [1.165, 1.54) is 0 Å². The summed E-state index contributed by atoms with van der Waals surface area (Å²) in [6, 6.07) is 0. The third-order valence-electron chi connectivity index (χ3n) is 1.60. The Morgan fingerprint density at radius 3 is 2.25 bits per heavy atom. The SMILES string of the molecule is C=C/C=C(\C=C)NC(C)(C)NC. The molecule has 0 aromatic heterocycles. The van der Waals surface area contributed by atoms with Gasteiger partial charge in [0.05, 0.1) is 5.66 Å². The minimum atomic E-state index is -0.122. The van der Waals surface area contributed by atoms with Gasteiger partial charge in [-0.2, -0.15) is 0 Å². The summed E-state index contributed by atoms with van der Waals surface area (Å²) in [6.45, 7) is 11.4. The first-order valence-electron chi connectivity index (χ1n) is 3.98. The molecule has 0 unspecified atom stereocenters. The Balaban J connectivity index is 4.30. The summed E-state index contributed by atoms with van der Waals surface area (Å²) < 4.78 is 0. The van der Waals surface area contributed by atoms with Crippen LogP contribution in [0.15, 0.2) is 37.1 Å². The number of nitrogens with one attached hydrogen (secondary N) is 2. The summed E-state index contributed by atoms with van der Waals surface area (Å²) in [7, 11) is 1.90. The van der Waals surface area contributed by atoms with Gasteiger partial charge >= 0.3 is 0 Å². The van der Waals surface area contributed by atoms with Crippen LogP contribution in [0.5, 0.6) is 0 Å². The summed E-state index contributed by atoms with van der Waals surface area (Å²) in [5, 5.41) is 6.38. The van der Waals surface area contributed by atoms with Gasteiger partial charge in [-0.3, -0.25) is 5.32 Å². The summed E-state index contributed by atoms with van der Waals surface area (Å²) >= 11 is 0. The first-order valence-corrected chi connectivity index (χ1v) is 3.98. The van der Waals surface area contributed by atoms with Gasteiger partial charge in [0, 0.05) is 5.70 Å². The largest absolute Gasteiger partial charge is 0.368 e. The van der Waals surface area contributed by atoms with Crippen molar-refractivity contribution in [3.63, 3.8) is 0 Å². The van der Waals surface area contributed by atoms with Gasteiger partial charge in [0.2, 0.25) is 0 Å². The fourth-order valence-corrected chi connectivity index (χ4v) is 0.711. The van der Waals surface area contributed by atoms with Gasteiger partial charge < -0.3 is 5.32 Å². The van der Waals surface area contributed by atoms with Crippen LogP contribution in [0.3, 0.4) is 0 Å². The van der Waals surface area contributed by atoms with Gasteiger partial charge in [0.1, 0.15) is 0 Å². The second-order valence-electron chi connectivity index (χ2n) is 3.06. The zero-order valence-electron chi connectivity index (χ0n) is 8.15. The van der Waals surface area contributed by atoms with Crippen LogP contribution < -0.4 is 10.6 Å². The van der Waals surface area contributed by atoms with E-state index in [0.29, 0.717) is 0 Å². The summed E-state index contributed by atoms with van der Waals surface area (Å²) in [4.78, 5) is 0. The van der Waals surface area contributed by atoms with E-state index in [4.69, 9.17) is 0 Å². The van der Waals surface area contributed by atoms with E-state index in [1.807, 2.05) is 27.0 Å². The second kappa shape index (κ2) is 4.78. The molecule has 0 heterocycles. The molecule has 0 saturated heterocycles. The Morgan fingerprint density at radius 2 is 1.92 bits per heavy atom. The molecular formula is C10H18N2. The molecule has 68 valence electrons. The van der Waals surface area contributed by atoms with E-state index >= 15 is 0 Å². The monoisotopic (exact) mass is 166 g/mol. The number of rotatable bonds is 5. The smallest absolute Gasteiger partial charge is 0.0821 e. The van der Waals surface area contributed by atoms with Crippen LogP contribution in [0.4, 0.5) is 0 Å². The first kappa shape index (κ1) is 11.0. The molecule has 0 amide bonds. The average Bonchev–Trinajstić information content (AvgIpc) is 2.03.